The number of guanidine groups is 1. The molecule has 1 atom stereocenters. The lowest BCUT2D eigenvalue weighted by Crippen LogP contribution is -2.38. The smallest absolute Gasteiger partial charge is 0.243 e. The summed E-state index contributed by atoms with van der Waals surface area (Å²) < 4.78 is 0. The molecule has 0 aliphatic carbocycles. The minimum absolute atomic E-state index is 0.149. The molecule has 1 aromatic carbocycles. The molecular formula is C15H19N5O. The molecule has 0 saturated heterocycles. The number of nitrogens with two attached hydrogens (primary N) is 1. The highest BCUT2D eigenvalue weighted by Gasteiger charge is 2.15. The molecule has 6 heteroatoms. The summed E-state index contributed by atoms with van der Waals surface area (Å²) in [7, 11) is 1.82. The van der Waals surface area contributed by atoms with E-state index in [-0.39, 0.29) is 11.9 Å². The Morgan fingerprint density at radius 3 is 3.10 bits per heavy atom. The van der Waals surface area contributed by atoms with Gasteiger partial charge in [0.15, 0.2) is 5.96 Å². The van der Waals surface area contributed by atoms with Gasteiger partial charge in [-0.25, -0.2) is 4.99 Å². The summed E-state index contributed by atoms with van der Waals surface area (Å²) >= 11 is 0. The molecule has 5 N–H and O–H groups in total. The maximum atomic E-state index is 11.2. The summed E-state index contributed by atoms with van der Waals surface area (Å²) in [5.74, 6) is 0.997. The number of benzene rings is 1. The molecule has 1 unspecified atom stereocenters. The van der Waals surface area contributed by atoms with E-state index in [0.29, 0.717) is 12.5 Å². The van der Waals surface area contributed by atoms with Gasteiger partial charge in [-0.15, -0.1) is 0 Å². The summed E-state index contributed by atoms with van der Waals surface area (Å²) in [6.45, 7) is 3.87. The van der Waals surface area contributed by atoms with Gasteiger partial charge in [-0.2, -0.15) is 0 Å². The van der Waals surface area contributed by atoms with Gasteiger partial charge in [-0.05, 0) is 23.3 Å². The fourth-order valence-corrected chi connectivity index (χ4v) is 2.02. The average molecular weight is 285 g/mol. The van der Waals surface area contributed by atoms with Gasteiger partial charge in [0.05, 0.1) is 0 Å². The second-order valence-corrected chi connectivity index (χ2v) is 4.58. The SMILES string of the molecule is C=CC(=O)NCc1cccc(C2C=C(NC)NC(N)=N2)c1. The van der Waals surface area contributed by atoms with Gasteiger partial charge < -0.3 is 21.7 Å². The Hall–Kier alpha value is -2.76. The minimum atomic E-state index is -0.193. The van der Waals surface area contributed by atoms with E-state index in [1.165, 1.54) is 6.08 Å². The standard InChI is InChI=1S/C15H19N5O/c1-3-14(21)18-9-10-5-4-6-11(7-10)12-8-13(17-2)20-15(16)19-12/h3-8,12,17H,1,9H2,2H3,(H,18,21)(H3,16,19,20). The highest BCUT2D eigenvalue weighted by Crippen LogP contribution is 2.22. The molecule has 1 amide bonds. The summed E-state index contributed by atoms with van der Waals surface area (Å²) in [5, 5.41) is 8.71. The Kier molecular flexibility index (Phi) is 4.61. The number of rotatable bonds is 5. The van der Waals surface area contributed by atoms with E-state index in [1.807, 2.05) is 37.4 Å². The second-order valence-electron chi connectivity index (χ2n) is 4.58. The van der Waals surface area contributed by atoms with Crippen molar-refractivity contribution >= 4 is 11.9 Å². The van der Waals surface area contributed by atoms with Crippen molar-refractivity contribution in [2.24, 2.45) is 10.7 Å². The first kappa shape index (κ1) is 14.6. The third-order valence-corrected chi connectivity index (χ3v) is 3.08. The van der Waals surface area contributed by atoms with E-state index >= 15 is 0 Å². The normalized spacial score (nSPS) is 17.1. The van der Waals surface area contributed by atoms with Gasteiger partial charge in [0.2, 0.25) is 5.91 Å². The number of carbonyl (C=O) groups is 1. The van der Waals surface area contributed by atoms with Crippen LogP contribution in [-0.4, -0.2) is 18.9 Å². The maximum Gasteiger partial charge on any atom is 0.243 e. The second kappa shape index (κ2) is 6.60. The van der Waals surface area contributed by atoms with E-state index in [2.05, 4.69) is 27.5 Å². The number of nitrogens with zero attached hydrogens (tertiary/aromatic N) is 1. The van der Waals surface area contributed by atoms with Crippen LogP contribution in [0.3, 0.4) is 0 Å². The lowest BCUT2D eigenvalue weighted by atomic mass is 10.0. The highest BCUT2D eigenvalue weighted by atomic mass is 16.1. The van der Waals surface area contributed by atoms with Crippen molar-refractivity contribution in [3.8, 4) is 0 Å². The molecular weight excluding hydrogens is 266 g/mol. The molecule has 2 rings (SSSR count). The highest BCUT2D eigenvalue weighted by molar-refractivity contribution is 5.86. The van der Waals surface area contributed by atoms with Crippen molar-refractivity contribution in [3.05, 3.63) is 59.9 Å². The fraction of sp³-hybridized carbons (Fsp3) is 0.200. The van der Waals surface area contributed by atoms with E-state index in [0.717, 1.165) is 16.9 Å². The van der Waals surface area contributed by atoms with Crippen LogP contribution in [0.2, 0.25) is 0 Å². The van der Waals surface area contributed by atoms with Gasteiger partial charge in [0.25, 0.3) is 0 Å². The zero-order valence-corrected chi connectivity index (χ0v) is 11.9. The molecule has 0 fully saturated rings. The minimum Gasteiger partial charge on any atom is -0.375 e. The molecule has 110 valence electrons. The number of carbonyl (C=O) groups excluding carboxylic acids is 1. The average Bonchev–Trinajstić information content (AvgIpc) is 2.52. The molecule has 21 heavy (non-hydrogen) atoms. The van der Waals surface area contributed by atoms with Gasteiger partial charge in [-0.1, -0.05) is 30.8 Å². The van der Waals surface area contributed by atoms with Crippen molar-refractivity contribution < 1.29 is 4.79 Å². The van der Waals surface area contributed by atoms with Crippen LogP contribution in [0, 0.1) is 0 Å². The first-order valence-electron chi connectivity index (χ1n) is 6.61. The fourth-order valence-electron chi connectivity index (χ4n) is 2.02. The third-order valence-electron chi connectivity index (χ3n) is 3.08. The van der Waals surface area contributed by atoms with E-state index in [4.69, 9.17) is 5.73 Å². The van der Waals surface area contributed by atoms with Crippen LogP contribution in [0.25, 0.3) is 0 Å². The van der Waals surface area contributed by atoms with Crippen LogP contribution >= 0.6 is 0 Å². The summed E-state index contributed by atoms with van der Waals surface area (Å²) in [4.78, 5) is 15.6. The number of hydrogen-bond donors (Lipinski definition) is 4. The monoisotopic (exact) mass is 285 g/mol. The van der Waals surface area contributed by atoms with Crippen LogP contribution < -0.4 is 21.7 Å². The largest absolute Gasteiger partial charge is 0.375 e. The van der Waals surface area contributed by atoms with Crippen LogP contribution in [-0.2, 0) is 11.3 Å². The number of amides is 1. The summed E-state index contributed by atoms with van der Waals surface area (Å²) in [6.07, 6.45) is 3.21. The van der Waals surface area contributed by atoms with Crippen molar-refractivity contribution in [3.63, 3.8) is 0 Å². The molecule has 1 aliphatic heterocycles. The third kappa shape index (κ3) is 3.85. The van der Waals surface area contributed by atoms with E-state index in [9.17, 15) is 4.79 Å². The quantitative estimate of drug-likeness (QED) is 0.593. The van der Waals surface area contributed by atoms with Crippen LogP contribution in [0.15, 0.2) is 53.8 Å². The van der Waals surface area contributed by atoms with E-state index in [1.54, 1.807) is 0 Å². The van der Waals surface area contributed by atoms with Gasteiger partial charge in [0.1, 0.15) is 11.9 Å². The van der Waals surface area contributed by atoms with Crippen molar-refractivity contribution in [1.29, 1.82) is 0 Å². The Bertz CT molecular complexity index is 606. The Morgan fingerprint density at radius 1 is 1.57 bits per heavy atom. The molecule has 0 bridgehead atoms. The molecule has 0 spiro atoms. The topological polar surface area (TPSA) is 91.5 Å². The van der Waals surface area contributed by atoms with Crippen LogP contribution in [0.1, 0.15) is 17.2 Å². The zero-order valence-electron chi connectivity index (χ0n) is 11.9. The molecule has 1 aliphatic rings. The van der Waals surface area contributed by atoms with Crippen molar-refractivity contribution in [1.82, 2.24) is 16.0 Å². The van der Waals surface area contributed by atoms with Crippen LogP contribution in [0.5, 0.6) is 0 Å². The Balaban J connectivity index is 2.16. The molecule has 6 nitrogen and oxygen atoms in total. The Morgan fingerprint density at radius 2 is 2.38 bits per heavy atom. The first-order valence-corrected chi connectivity index (χ1v) is 6.61. The van der Waals surface area contributed by atoms with E-state index < -0.39 is 0 Å². The Labute approximate surface area is 123 Å². The predicted molar refractivity (Wildman–Crippen MR) is 83.1 cm³/mol. The summed E-state index contributed by atoms with van der Waals surface area (Å²) in [5.41, 5.74) is 7.78. The predicted octanol–water partition coefficient (Wildman–Crippen LogP) is 0.509. The number of aliphatic imine (C=N–C) groups is 1. The lowest BCUT2D eigenvalue weighted by molar-refractivity contribution is -0.116. The first-order chi connectivity index (χ1) is 10.1. The molecule has 1 heterocycles. The lowest BCUT2D eigenvalue weighted by Gasteiger charge is -2.20. The van der Waals surface area contributed by atoms with Gasteiger partial charge in [-0.3, -0.25) is 4.79 Å². The summed E-state index contributed by atoms with van der Waals surface area (Å²) in [6, 6.07) is 7.72. The van der Waals surface area contributed by atoms with Crippen LogP contribution in [0.4, 0.5) is 0 Å². The van der Waals surface area contributed by atoms with Gasteiger partial charge in [0, 0.05) is 13.6 Å². The molecule has 1 aromatic rings. The molecule has 0 aromatic heterocycles. The van der Waals surface area contributed by atoms with Crippen molar-refractivity contribution in [2.75, 3.05) is 7.05 Å². The number of hydrogen-bond acceptors (Lipinski definition) is 5. The zero-order chi connectivity index (χ0) is 15.2. The maximum absolute atomic E-state index is 11.2. The number of nitrogens with one attached hydrogen (secondary N) is 3. The van der Waals surface area contributed by atoms with Gasteiger partial charge >= 0.3 is 0 Å². The van der Waals surface area contributed by atoms with Crippen molar-refractivity contribution in [2.45, 2.75) is 12.6 Å². The molecule has 0 radical (unpaired) electrons. The molecule has 0 saturated carbocycles.